The Kier molecular flexibility index (Phi) is 3.96. The molecule has 0 spiro atoms. The number of nitrogens with two attached hydrogens (primary N) is 1. The minimum absolute atomic E-state index is 0.0521. The molecule has 1 aromatic carbocycles. The van der Waals surface area contributed by atoms with Gasteiger partial charge in [0.05, 0.1) is 13.4 Å². The molecule has 0 saturated heterocycles. The number of sulfonamides is 1. The molecule has 2 aromatic rings. The van der Waals surface area contributed by atoms with Crippen LogP contribution in [0.15, 0.2) is 35.6 Å². The molecule has 0 atom stereocenters. The van der Waals surface area contributed by atoms with E-state index in [0.717, 1.165) is 0 Å². The van der Waals surface area contributed by atoms with Gasteiger partial charge in [-0.1, -0.05) is 0 Å². The molecular formula is C12H14N4O4S. The topological polar surface area (TPSA) is 116 Å². The van der Waals surface area contributed by atoms with Gasteiger partial charge in [0.1, 0.15) is 16.3 Å². The van der Waals surface area contributed by atoms with Crippen LogP contribution in [0.5, 0.6) is 5.75 Å². The Labute approximate surface area is 121 Å². The highest BCUT2D eigenvalue weighted by Crippen LogP contribution is 2.26. The van der Waals surface area contributed by atoms with Crippen molar-refractivity contribution in [1.82, 2.24) is 9.55 Å². The molecule has 0 radical (unpaired) electrons. The summed E-state index contributed by atoms with van der Waals surface area (Å²) in [4.78, 5) is 15.7. The summed E-state index contributed by atoms with van der Waals surface area (Å²) < 4.78 is 29.3. The zero-order valence-electron chi connectivity index (χ0n) is 11.4. The molecule has 1 amide bonds. The molecule has 0 aliphatic heterocycles. The van der Waals surface area contributed by atoms with Crippen LogP contribution in [0.4, 0.5) is 5.69 Å². The molecule has 0 aliphatic rings. The number of rotatable bonds is 4. The summed E-state index contributed by atoms with van der Waals surface area (Å²) in [5.74, 6) is -0.364. The number of anilines is 1. The van der Waals surface area contributed by atoms with E-state index < -0.39 is 15.9 Å². The minimum atomic E-state index is -3.89. The molecule has 0 saturated carbocycles. The van der Waals surface area contributed by atoms with Crippen LogP contribution in [0.2, 0.25) is 0 Å². The van der Waals surface area contributed by atoms with Gasteiger partial charge in [0.2, 0.25) is 10.0 Å². The first-order chi connectivity index (χ1) is 9.81. The quantitative estimate of drug-likeness (QED) is 0.844. The molecule has 3 N–H and O–H groups in total. The van der Waals surface area contributed by atoms with Crippen LogP contribution in [-0.2, 0) is 17.1 Å². The van der Waals surface area contributed by atoms with Crippen LogP contribution in [0.3, 0.4) is 0 Å². The number of nitrogens with zero attached hydrogens (tertiary/aromatic N) is 2. The molecule has 0 aliphatic carbocycles. The summed E-state index contributed by atoms with van der Waals surface area (Å²) in [5.41, 5.74) is 0.613. The maximum atomic E-state index is 11.9. The molecule has 1 heterocycles. The van der Waals surface area contributed by atoms with E-state index >= 15 is 0 Å². The second-order valence-corrected chi connectivity index (χ2v) is 5.82. The number of benzene rings is 1. The van der Waals surface area contributed by atoms with Crippen molar-refractivity contribution in [2.75, 3.05) is 12.4 Å². The number of carbonyl (C=O) groups excluding carboxylic acids is 1. The normalized spacial score (nSPS) is 11.2. The smallest absolute Gasteiger partial charge is 0.275 e. The van der Waals surface area contributed by atoms with E-state index in [0.29, 0.717) is 5.69 Å². The number of carbonyl (C=O) groups is 1. The average molecular weight is 310 g/mol. The van der Waals surface area contributed by atoms with Gasteiger partial charge in [-0.3, -0.25) is 4.79 Å². The van der Waals surface area contributed by atoms with E-state index in [1.807, 2.05) is 0 Å². The van der Waals surface area contributed by atoms with Gasteiger partial charge < -0.3 is 14.6 Å². The second-order valence-electron chi connectivity index (χ2n) is 4.29. The van der Waals surface area contributed by atoms with Gasteiger partial charge in [0, 0.05) is 25.0 Å². The van der Waals surface area contributed by atoms with Crippen LogP contribution in [-0.4, -0.2) is 31.0 Å². The molecule has 21 heavy (non-hydrogen) atoms. The van der Waals surface area contributed by atoms with Gasteiger partial charge in [-0.2, -0.15) is 0 Å². The number of nitrogens with one attached hydrogen (secondary N) is 1. The van der Waals surface area contributed by atoms with Gasteiger partial charge in [0.25, 0.3) is 5.91 Å². The van der Waals surface area contributed by atoms with E-state index in [4.69, 9.17) is 9.88 Å². The van der Waals surface area contributed by atoms with Gasteiger partial charge >= 0.3 is 0 Å². The summed E-state index contributed by atoms with van der Waals surface area (Å²) in [6.45, 7) is 0. The SMILES string of the molecule is COc1cc(NC(=O)c2cn(C)cn2)ccc1S(N)(=O)=O. The van der Waals surface area contributed by atoms with Crippen molar-refractivity contribution in [1.29, 1.82) is 0 Å². The van der Waals surface area contributed by atoms with Crippen molar-refractivity contribution in [2.24, 2.45) is 12.2 Å². The minimum Gasteiger partial charge on any atom is -0.495 e. The average Bonchev–Trinajstić information content (AvgIpc) is 2.84. The number of hydrogen-bond donors (Lipinski definition) is 2. The Balaban J connectivity index is 2.28. The lowest BCUT2D eigenvalue weighted by Gasteiger charge is -2.09. The molecule has 1 aromatic heterocycles. The number of aryl methyl sites for hydroxylation is 1. The summed E-state index contributed by atoms with van der Waals surface area (Å²) in [6.07, 6.45) is 3.06. The van der Waals surface area contributed by atoms with E-state index in [1.165, 1.54) is 31.6 Å². The van der Waals surface area contributed by atoms with Gasteiger partial charge in [-0.25, -0.2) is 18.5 Å². The van der Waals surface area contributed by atoms with Crippen LogP contribution in [0.25, 0.3) is 0 Å². The first kappa shape index (κ1) is 15.0. The lowest BCUT2D eigenvalue weighted by Crippen LogP contribution is -2.15. The van der Waals surface area contributed by atoms with Crippen molar-refractivity contribution in [3.05, 3.63) is 36.4 Å². The fourth-order valence-corrected chi connectivity index (χ4v) is 2.39. The third-order valence-electron chi connectivity index (χ3n) is 2.67. The molecule has 0 bridgehead atoms. The van der Waals surface area contributed by atoms with Crippen LogP contribution in [0, 0.1) is 0 Å². The van der Waals surface area contributed by atoms with Crippen LogP contribution < -0.4 is 15.2 Å². The molecular weight excluding hydrogens is 296 g/mol. The van der Waals surface area contributed by atoms with Crippen molar-refractivity contribution >= 4 is 21.6 Å². The highest BCUT2D eigenvalue weighted by atomic mass is 32.2. The zero-order chi connectivity index (χ0) is 15.6. The number of imidazole rings is 1. The maximum absolute atomic E-state index is 11.9. The molecule has 0 unspecified atom stereocenters. The van der Waals surface area contributed by atoms with Crippen LogP contribution >= 0.6 is 0 Å². The van der Waals surface area contributed by atoms with Crippen LogP contribution in [0.1, 0.15) is 10.5 Å². The Morgan fingerprint density at radius 3 is 2.67 bits per heavy atom. The molecule has 0 fully saturated rings. The number of primary sulfonamides is 1. The molecule has 9 heteroatoms. The standard InChI is InChI=1S/C12H14N4O4S/c1-16-6-9(14-7-16)12(17)15-8-3-4-11(21(13,18)19)10(5-8)20-2/h3-7H,1-2H3,(H,15,17)(H2,13,18,19). The zero-order valence-corrected chi connectivity index (χ0v) is 12.2. The summed E-state index contributed by atoms with van der Waals surface area (Å²) in [5, 5.41) is 7.66. The summed E-state index contributed by atoms with van der Waals surface area (Å²) in [6, 6.07) is 4.06. The molecule has 112 valence electrons. The molecule has 2 rings (SSSR count). The van der Waals surface area contributed by atoms with Gasteiger partial charge in [0.15, 0.2) is 0 Å². The number of ether oxygens (including phenoxy) is 1. The maximum Gasteiger partial charge on any atom is 0.275 e. The van der Waals surface area contributed by atoms with Gasteiger partial charge in [-0.05, 0) is 12.1 Å². The highest BCUT2D eigenvalue weighted by molar-refractivity contribution is 7.89. The lowest BCUT2D eigenvalue weighted by molar-refractivity contribution is 0.102. The second kappa shape index (κ2) is 5.54. The fraction of sp³-hybridized carbons (Fsp3) is 0.167. The van der Waals surface area contributed by atoms with Crippen molar-refractivity contribution in [2.45, 2.75) is 4.90 Å². The highest BCUT2D eigenvalue weighted by Gasteiger charge is 2.16. The van der Waals surface area contributed by atoms with Crippen molar-refractivity contribution in [3.8, 4) is 5.75 Å². The summed E-state index contributed by atoms with van der Waals surface area (Å²) >= 11 is 0. The monoisotopic (exact) mass is 310 g/mol. The third kappa shape index (κ3) is 3.38. The first-order valence-electron chi connectivity index (χ1n) is 5.81. The Bertz CT molecular complexity index is 782. The number of aromatic nitrogens is 2. The number of methoxy groups -OCH3 is 1. The summed E-state index contributed by atoms with van der Waals surface area (Å²) in [7, 11) is -0.835. The van der Waals surface area contributed by atoms with E-state index in [9.17, 15) is 13.2 Å². The number of hydrogen-bond acceptors (Lipinski definition) is 5. The van der Waals surface area contributed by atoms with Crippen molar-refractivity contribution < 1.29 is 17.9 Å². The Morgan fingerprint density at radius 2 is 2.14 bits per heavy atom. The predicted octanol–water partition coefficient (Wildman–Crippen LogP) is 0.328. The Hall–Kier alpha value is -2.39. The van der Waals surface area contributed by atoms with Crippen molar-refractivity contribution in [3.63, 3.8) is 0 Å². The molecule has 8 nitrogen and oxygen atoms in total. The first-order valence-corrected chi connectivity index (χ1v) is 7.36. The van der Waals surface area contributed by atoms with Gasteiger partial charge in [-0.15, -0.1) is 0 Å². The van der Waals surface area contributed by atoms with E-state index in [2.05, 4.69) is 10.3 Å². The Morgan fingerprint density at radius 1 is 1.43 bits per heavy atom. The lowest BCUT2D eigenvalue weighted by atomic mass is 10.3. The largest absolute Gasteiger partial charge is 0.495 e. The van der Waals surface area contributed by atoms with E-state index in [1.54, 1.807) is 17.8 Å². The number of amides is 1. The third-order valence-corrected chi connectivity index (χ3v) is 3.62. The predicted molar refractivity (Wildman–Crippen MR) is 75.5 cm³/mol. The fourth-order valence-electron chi connectivity index (χ4n) is 1.71. The van der Waals surface area contributed by atoms with E-state index in [-0.39, 0.29) is 16.3 Å².